The molecule has 0 atom stereocenters. The van der Waals surface area contributed by atoms with Crippen molar-refractivity contribution < 1.29 is 9.53 Å². The Morgan fingerprint density at radius 1 is 1.14 bits per heavy atom. The van der Waals surface area contributed by atoms with Gasteiger partial charge in [-0.1, -0.05) is 34.5 Å². The fourth-order valence-electron chi connectivity index (χ4n) is 3.30. The Hall–Kier alpha value is -1.86. The van der Waals surface area contributed by atoms with Crippen LogP contribution >= 0.6 is 34.5 Å². The van der Waals surface area contributed by atoms with Crippen molar-refractivity contribution in [2.75, 3.05) is 38.2 Å². The van der Waals surface area contributed by atoms with Crippen LogP contribution in [-0.2, 0) is 11.3 Å². The Labute approximate surface area is 177 Å². The van der Waals surface area contributed by atoms with Crippen molar-refractivity contribution >= 4 is 55.9 Å². The van der Waals surface area contributed by atoms with Gasteiger partial charge in [-0.3, -0.25) is 4.90 Å². The number of halogens is 2. The van der Waals surface area contributed by atoms with Gasteiger partial charge in [-0.15, -0.1) is 0 Å². The summed E-state index contributed by atoms with van der Waals surface area (Å²) in [4.78, 5) is 21.1. The number of aromatic nitrogens is 1. The standard InChI is InChI=1S/C20H19Cl2N3O2S/c1-27-19(26)13-2-4-16(22)14(10-13)12-24-6-8-25(9-7-24)20-23-17-5-3-15(21)11-18(17)28-20/h2-5,10-11H,6-9,12H2,1H3. The van der Waals surface area contributed by atoms with Crippen LogP contribution in [0.3, 0.4) is 0 Å². The van der Waals surface area contributed by atoms with E-state index >= 15 is 0 Å². The van der Waals surface area contributed by atoms with Gasteiger partial charge in [0.2, 0.25) is 0 Å². The Morgan fingerprint density at radius 3 is 2.68 bits per heavy atom. The van der Waals surface area contributed by atoms with Gasteiger partial charge in [0.1, 0.15) is 0 Å². The molecule has 146 valence electrons. The average Bonchev–Trinajstić information content (AvgIpc) is 3.12. The molecule has 0 N–H and O–H groups in total. The molecule has 0 aliphatic carbocycles. The molecule has 1 aliphatic rings. The van der Waals surface area contributed by atoms with Gasteiger partial charge in [0, 0.05) is 42.8 Å². The van der Waals surface area contributed by atoms with Gasteiger partial charge >= 0.3 is 5.97 Å². The van der Waals surface area contributed by atoms with E-state index in [9.17, 15) is 4.79 Å². The fourth-order valence-corrected chi connectivity index (χ4v) is 4.77. The maximum atomic E-state index is 11.8. The average molecular weight is 436 g/mol. The maximum absolute atomic E-state index is 11.8. The number of carbonyl (C=O) groups excluding carboxylic acids is 1. The number of nitrogens with zero attached hydrogens (tertiary/aromatic N) is 3. The summed E-state index contributed by atoms with van der Waals surface area (Å²) in [6, 6.07) is 11.1. The lowest BCUT2D eigenvalue weighted by molar-refractivity contribution is 0.0600. The monoisotopic (exact) mass is 435 g/mol. The number of benzene rings is 2. The zero-order valence-electron chi connectivity index (χ0n) is 15.3. The summed E-state index contributed by atoms with van der Waals surface area (Å²) < 4.78 is 5.91. The highest BCUT2D eigenvalue weighted by Crippen LogP contribution is 2.31. The van der Waals surface area contributed by atoms with Crippen LogP contribution in [0, 0.1) is 0 Å². The largest absolute Gasteiger partial charge is 0.465 e. The highest BCUT2D eigenvalue weighted by Gasteiger charge is 2.21. The van der Waals surface area contributed by atoms with Gasteiger partial charge in [0.25, 0.3) is 0 Å². The summed E-state index contributed by atoms with van der Waals surface area (Å²) in [6.45, 7) is 4.28. The molecule has 1 saturated heterocycles. The van der Waals surface area contributed by atoms with E-state index in [1.165, 1.54) is 7.11 Å². The van der Waals surface area contributed by atoms with E-state index in [0.29, 0.717) is 17.1 Å². The molecule has 0 saturated carbocycles. The maximum Gasteiger partial charge on any atom is 0.337 e. The van der Waals surface area contributed by atoms with Crippen molar-refractivity contribution in [3.05, 3.63) is 57.6 Å². The van der Waals surface area contributed by atoms with E-state index in [1.807, 2.05) is 24.3 Å². The van der Waals surface area contributed by atoms with Crippen LogP contribution in [0.25, 0.3) is 10.2 Å². The molecule has 0 radical (unpaired) electrons. The number of ether oxygens (including phenoxy) is 1. The molecule has 5 nitrogen and oxygen atoms in total. The van der Waals surface area contributed by atoms with Crippen LogP contribution < -0.4 is 4.90 Å². The van der Waals surface area contributed by atoms with Gasteiger partial charge in [0.05, 0.1) is 22.9 Å². The molecule has 28 heavy (non-hydrogen) atoms. The van der Waals surface area contributed by atoms with Crippen molar-refractivity contribution in [3.8, 4) is 0 Å². The van der Waals surface area contributed by atoms with Crippen LogP contribution in [0.15, 0.2) is 36.4 Å². The third-order valence-corrected chi connectivity index (χ3v) is 6.53. The molecule has 0 spiro atoms. The number of esters is 1. The summed E-state index contributed by atoms with van der Waals surface area (Å²) in [5.74, 6) is -0.348. The zero-order valence-corrected chi connectivity index (χ0v) is 17.7. The van der Waals surface area contributed by atoms with Crippen LogP contribution in [0.4, 0.5) is 5.13 Å². The number of rotatable bonds is 4. The summed E-state index contributed by atoms with van der Waals surface area (Å²) in [5, 5.41) is 2.43. The predicted molar refractivity (Wildman–Crippen MR) is 115 cm³/mol. The lowest BCUT2D eigenvalue weighted by Gasteiger charge is -2.34. The van der Waals surface area contributed by atoms with Crippen molar-refractivity contribution in [3.63, 3.8) is 0 Å². The van der Waals surface area contributed by atoms with Crippen molar-refractivity contribution in [1.29, 1.82) is 0 Å². The number of piperazine rings is 1. The number of methoxy groups -OCH3 is 1. The molecule has 4 rings (SSSR count). The van der Waals surface area contributed by atoms with Crippen LogP contribution in [-0.4, -0.2) is 49.1 Å². The minimum atomic E-state index is -0.348. The van der Waals surface area contributed by atoms with Crippen molar-refractivity contribution in [1.82, 2.24) is 9.88 Å². The smallest absolute Gasteiger partial charge is 0.337 e. The Balaban J connectivity index is 1.42. The topological polar surface area (TPSA) is 45.7 Å². The molecule has 1 aliphatic heterocycles. The van der Waals surface area contributed by atoms with Crippen LogP contribution in [0.5, 0.6) is 0 Å². The normalized spacial score (nSPS) is 15.2. The molecule has 1 fully saturated rings. The molecular weight excluding hydrogens is 417 g/mol. The van der Waals surface area contributed by atoms with Crippen LogP contribution in [0.1, 0.15) is 15.9 Å². The predicted octanol–water partition coefficient (Wildman–Crippen LogP) is 4.71. The molecule has 0 bridgehead atoms. The first-order chi connectivity index (χ1) is 13.5. The van der Waals surface area contributed by atoms with Crippen molar-refractivity contribution in [2.24, 2.45) is 0 Å². The molecule has 0 amide bonds. The highest BCUT2D eigenvalue weighted by molar-refractivity contribution is 7.22. The minimum Gasteiger partial charge on any atom is -0.465 e. The number of thiazole rings is 1. The number of anilines is 1. The van der Waals surface area contributed by atoms with E-state index in [2.05, 4.69) is 9.80 Å². The summed E-state index contributed by atoms with van der Waals surface area (Å²) in [7, 11) is 1.38. The van der Waals surface area contributed by atoms with Gasteiger partial charge in [-0.2, -0.15) is 0 Å². The van der Waals surface area contributed by atoms with E-state index in [-0.39, 0.29) is 5.97 Å². The first-order valence-corrected chi connectivity index (χ1v) is 10.5. The Kier molecular flexibility index (Phi) is 5.73. The highest BCUT2D eigenvalue weighted by atomic mass is 35.5. The number of fused-ring (bicyclic) bond motifs is 1. The van der Waals surface area contributed by atoms with Gasteiger partial charge in [-0.25, -0.2) is 9.78 Å². The number of hydrogen-bond donors (Lipinski definition) is 0. The lowest BCUT2D eigenvalue weighted by Crippen LogP contribution is -2.46. The lowest BCUT2D eigenvalue weighted by atomic mass is 10.1. The van der Waals surface area contributed by atoms with E-state index in [1.54, 1.807) is 23.5 Å². The van der Waals surface area contributed by atoms with E-state index < -0.39 is 0 Å². The Bertz CT molecular complexity index is 1020. The second-order valence-corrected chi connectivity index (χ2v) is 8.52. The zero-order chi connectivity index (χ0) is 19.7. The third-order valence-electron chi connectivity index (χ3n) is 4.84. The molecule has 8 heteroatoms. The Morgan fingerprint density at radius 2 is 1.93 bits per heavy atom. The van der Waals surface area contributed by atoms with E-state index in [4.69, 9.17) is 32.9 Å². The first-order valence-electron chi connectivity index (χ1n) is 8.93. The molecular formula is C20H19Cl2N3O2S. The number of carbonyl (C=O) groups is 1. The third kappa shape index (κ3) is 4.10. The second kappa shape index (κ2) is 8.25. The molecule has 1 aromatic heterocycles. The summed E-state index contributed by atoms with van der Waals surface area (Å²) in [5.41, 5.74) is 2.44. The van der Waals surface area contributed by atoms with Crippen LogP contribution in [0.2, 0.25) is 10.0 Å². The van der Waals surface area contributed by atoms with Crippen molar-refractivity contribution in [2.45, 2.75) is 6.54 Å². The SMILES string of the molecule is COC(=O)c1ccc(Cl)c(CN2CCN(c3nc4ccc(Cl)cc4s3)CC2)c1. The molecule has 2 heterocycles. The molecule has 3 aromatic rings. The second-order valence-electron chi connectivity index (χ2n) is 6.67. The van der Waals surface area contributed by atoms with E-state index in [0.717, 1.165) is 52.1 Å². The fraction of sp³-hybridized carbons (Fsp3) is 0.300. The van der Waals surface area contributed by atoms with Gasteiger partial charge in [-0.05, 0) is 42.0 Å². The minimum absolute atomic E-state index is 0.348. The summed E-state index contributed by atoms with van der Waals surface area (Å²) in [6.07, 6.45) is 0. The first kappa shape index (κ1) is 19.5. The quantitative estimate of drug-likeness (QED) is 0.555. The number of hydrogen-bond acceptors (Lipinski definition) is 6. The molecule has 0 unspecified atom stereocenters. The molecule has 2 aromatic carbocycles. The summed E-state index contributed by atoms with van der Waals surface area (Å²) >= 11 is 14.1. The van der Waals surface area contributed by atoms with Gasteiger partial charge in [0.15, 0.2) is 5.13 Å². The van der Waals surface area contributed by atoms with Gasteiger partial charge < -0.3 is 9.64 Å².